The predicted molar refractivity (Wildman–Crippen MR) is 62.9 cm³/mol. The van der Waals surface area contributed by atoms with Gasteiger partial charge in [-0.15, -0.1) is 0 Å². The molecule has 0 radical (unpaired) electrons. The van der Waals surface area contributed by atoms with Crippen LogP contribution in [0.15, 0.2) is 0 Å². The second kappa shape index (κ2) is 4.36. The van der Waals surface area contributed by atoms with Crippen LogP contribution in [0.1, 0.15) is 46.0 Å². The van der Waals surface area contributed by atoms with Gasteiger partial charge in [0, 0.05) is 18.5 Å². The lowest BCUT2D eigenvalue weighted by Crippen LogP contribution is -2.42. The average Bonchev–Trinajstić information content (AvgIpc) is 2.98. The van der Waals surface area contributed by atoms with E-state index in [2.05, 4.69) is 13.8 Å². The zero-order chi connectivity index (χ0) is 11.8. The first kappa shape index (κ1) is 11.9. The van der Waals surface area contributed by atoms with Crippen molar-refractivity contribution < 1.29 is 9.90 Å². The lowest BCUT2D eigenvalue weighted by molar-refractivity contribution is -0.139. The topological polar surface area (TPSA) is 40.5 Å². The van der Waals surface area contributed by atoms with Gasteiger partial charge in [0.2, 0.25) is 5.91 Å². The summed E-state index contributed by atoms with van der Waals surface area (Å²) in [5.41, 5.74) is 0.152. The minimum atomic E-state index is 0.0926. The second-order valence-electron chi connectivity index (χ2n) is 5.92. The molecule has 2 fully saturated rings. The Bertz CT molecular complexity index is 271. The van der Waals surface area contributed by atoms with Crippen LogP contribution < -0.4 is 0 Å². The minimum absolute atomic E-state index is 0.0926. The largest absolute Gasteiger partial charge is 0.395 e. The highest BCUT2D eigenvalue weighted by molar-refractivity contribution is 5.80. The Morgan fingerprint density at radius 1 is 1.38 bits per heavy atom. The molecule has 1 atom stereocenters. The van der Waals surface area contributed by atoms with Gasteiger partial charge in [-0.2, -0.15) is 0 Å². The normalized spacial score (nSPS) is 28.1. The molecule has 0 aliphatic heterocycles. The van der Waals surface area contributed by atoms with Crippen LogP contribution in [0, 0.1) is 11.3 Å². The molecule has 2 saturated carbocycles. The minimum Gasteiger partial charge on any atom is -0.395 e. The summed E-state index contributed by atoms with van der Waals surface area (Å²) in [4.78, 5) is 14.4. The Hall–Kier alpha value is -0.570. The summed E-state index contributed by atoms with van der Waals surface area (Å²) in [5, 5.41) is 9.04. The van der Waals surface area contributed by atoms with E-state index in [0.29, 0.717) is 18.5 Å². The van der Waals surface area contributed by atoms with Gasteiger partial charge in [-0.1, -0.05) is 20.3 Å². The molecule has 0 heterocycles. The number of amides is 1. The van der Waals surface area contributed by atoms with Crippen molar-refractivity contribution in [2.75, 3.05) is 13.2 Å². The van der Waals surface area contributed by atoms with E-state index in [1.54, 1.807) is 0 Å². The van der Waals surface area contributed by atoms with Gasteiger partial charge in [-0.25, -0.2) is 0 Å². The molecule has 1 N–H and O–H groups in total. The second-order valence-corrected chi connectivity index (χ2v) is 5.92. The van der Waals surface area contributed by atoms with Crippen LogP contribution in [0.4, 0.5) is 0 Å². The highest BCUT2D eigenvalue weighted by atomic mass is 16.3. The lowest BCUT2D eigenvalue weighted by atomic mass is 9.81. The van der Waals surface area contributed by atoms with Gasteiger partial charge in [-0.3, -0.25) is 4.79 Å². The molecule has 2 rings (SSSR count). The quantitative estimate of drug-likeness (QED) is 0.792. The van der Waals surface area contributed by atoms with Gasteiger partial charge in [0.05, 0.1) is 6.61 Å². The summed E-state index contributed by atoms with van der Waals surface area (Å²) >= 11 is 0. The molecule has 92 valence electrons. The fraction of sp³-hybridized carbons (Fsp3) is 0.923. The highest BCUT2D eigenvalue weighted by Gasteiger charge is 2.44. The van der Waals surface area contributed by atoms with E-state index in [-0.39, 0.29) is 17.9 Å². The van der Waals surface area contributed by atoms with E-state index in [4.69, 9.17) is 5.11 Å². The lowest BCUT2D eigenvalue weighted by Gasteiger charge is -2.32. The Kier molecular flexibility index (Phi) is 3.24. The standard InChI is InChI=1S/C13H23NO2/c1-13(2)7-3-4-11(13)12(16)14(8-9-15)10-5-6-10/h10-11,15H,3-9H2,1-2H3. The first-order valence-corrected chi connectivity index (χ1v) is 6.47. The molecule has 0 aromatic heterocycles. The van der Waals surface area contributed by atoms with Crippen LogP contribution in [-0.2, 0) is 4.79 Å². The van der Waals surface area contributed by atoms with Crippen molar-refractivity contribution in [1.82, 2.24) is 4.90 Å². The maximum absolute atomic E-state index is 12.4. The first-order chi connectivity index (χ1) is 7.56. The Morgan fingerprint density at radius 3 is 2.50 bits per heavy atom. The maximum atomic E-state index is 12.4. The molecule has 1 amide bonds. The number of nitrogens with zero attached hydrogens (tertiary/aromatic N) is 1. The number of aliphatic hydroxyl groups is 1. The Labute approximate surface area is 97.8 Å². The van der Waals surface area contributed by atoms with Gasteiger partial charge >= 0.3 is 0 Å². The van der Waals surface area contributed by atoms with Gasteiger partial charge in [0.15, 0.2) is 0 Å². The van der Waals surface area contributed by atoms with Crippen molar-refractivity contribution in [2.45, 2.75) is 52.0 Å². The third-order valence-electron chi connectivity index (χ3n) is 4.17. The van der Waals surface area contributed by atoms with Crippen LogP contribution in [0.3, 0.4) is 0 Å². The molecule has 0 saturated heterocycles. The smallest absolute Gasteiger partial charge is 0.226 e. The van der Waals surface area contributed by atoms with Crippen molar-refractivity contribution in [3.05, 3.63) is 0 Å². The van der Waals surface area contributed by atoms with E-state index in [0.717, 1.165) is 25.7 Å². The van der Waals surface area contributed by atoms with Gasteiger partial charge in [0.25, 0.3) is 0 Å². The fourth-order valence-electron chi connectivity index (χ4n) is 2.95. The highest BCUT2D eigenvalue weighted by Crippen LogP contribution is 2.44. The molecule has 1 unspecified atom stereocenters. The molecule has 0 spiro atoms. The number of carbonyl (C=O) groups excluding carboxylic acids is 1. The molecule has 3 heteroatoms. The monoisotopic (exact) mass is 225 g/mol. The third-order valence-corrected chi connectivity index (χ3v) is 4.17. The van der Waals surface area contributed by atoms with E-state index >= 15 is 0 Å². The summed E-state index contributed by atoms with van der Waals surface area (Å²) < 4.78 is 0. The van der Waals surface area contributed by atoms with Crippen LogP contribution in [0.2, 0.25) is 0 Å². The number of hydrogen-bond donors (Lipinski definition) is 1. The van der Waals surface area contributed by atoms with Crippen molar-refractivity contribution in [2.24, 2.45) is 11.3 Å². The SMILES string of the molecule is CC1(C)CCCC1C(=O)N(CCO)C1CC1. The summed E-state index contributed by atoms with van der Waals surface area (Å²) in [6.45, 7) is 5.02. The summed E-state index contributed by atoms with van der Waals surface area (Å²) in [6, 6.07) is 0.427. The van der Waals surface area contributed by atoms with Crippen LogP contribution in [0.25, 0.3) is 0 Å². The van der Waals surface area contributed by atoms with Crippen molar-refractivity contribution in [3.8, 4) is 0 Å². The number of aliphatic hydroxyl groups excluding tert-OH is 1. The molecular weight excluding hydrogens is 202 g/mol. The molecule has 2 aliphatic carbocycles. The Morgan fingerprint density at radius 2 is 2.06 bits per heavy atom. The van der Waals surface area contributed by atoms with E-state index in [9.17, 15) is 4.79 Å². The molecular formula is C13H23NO2. The molecule has 16 heavy (non-hydrogen) atoms. The number of rotatable bonds is 4. The zero-order valence-corrected chi connectivity index (χ0v) is 10.4. The molecule has 0 aromatic carbocycles. The van der Waals surface area contributed by atoms with Crippen molar-refractivity contribution >= 4 is 5.91 Å². The molecule has 0 bridgehead atoms. The molecule has 0 aromatic rings. The van der Waals surface area contributed by atoms with Gasteiger partial charge in [0.1, 0.15) is 0 Å². The third kappa shape index (κ3) is 2.24. The van der Waals surface area contributed by atoms with Gasteiger partial charge < -0.3 is 10.0 Å². The van der Waals surface area contributed by atoms with Crippen molar-refractivity contribution in [1.29, 1.82) is 0 Å². The van der Waals surface area contributed by atoms with Crippen LogP contribution in [0.5, 0.6) is 0 Å². The number of hydrogen-bond acceptors (Lipinski definition) is 2. The summed E-state index contributed by atoms with van der Waals surface area (Å²) in [5.74, 6) is 0.471. The average molecular weight is 225 g/mol. The summed E-state index contributed by atoms with van der Waals surface area (Å²) in [7, 11) is 0. The maximum Gasteiger partial charge on any atom is 0.226 e. The Balaban J connectivity index is 2.04. The number of carbonyl (C=O) groups is 1. The van der Waals surface area contributed by atoms with Gasteiger partial charge in [-0.05, 0) is 31.1 Å². The summed E-state index contributed by atoms with van der Waals surface area (Å²) in [6.07, 6.45) is 5.60. The van der Waals surface area contributed by atoms with E-state index < -0.39 is 0 Å². The van der Waals surface area contributed by atoms with Crippen LogP contribution >= 0.6 is 0 Å². The van der Waals surface area contributed by atoms with E-state index in [1.165, 1.54) is 6.42 Å². The molecule has 3 nitrogen and oxygen atoms in total. The fourth-order valence-corrected chi connectivity index (χ4v) is 2.95. The predicted octanol–water partition coefficient (Wildman–Crippen LogP) is 1.80. The zero-order valence-electron chi connectivity index (χ0n) is 10.4. The van der Waals surface area contributed by atoms with E-state index in [1.807, 2.05) is 4.90 Å². The van der Waals surface area contributed by atoms with Crippen LogP contribution in [-0.4, -0.2) is 35.1 Å². The first-order valence-electron chi connectivity index (χ1n) is 6.47. The van der Waals surface area contributed by atoms with Crippen molar-refractivity contribution in [3.63, 3.8) is 0 Å². The molecule has 2 aliphatic rings.